The SMILES string of the molecule is C=CCCC(C)CC=C.CC.CC. The highest BCUT2D eigenvalue weighted by Gasteiger charge is 1.95. The summed E-state index contributed by atoms with van der Waals surface area (Å²) in [6.45, 7) is 17.6. The molecule has 0 aromatic carbocycles. The predicted molar refractivity (Wildman–Crippen MR) is 66.1 cm³/mol. The number of hydrogen-bond acceptors (Lipinski definition) is 0. The second-order valence-corrected chi connectivity index (χ2v) is 2.50. The summed E-state index contributed by atoms with van der Waals surface area (Å²) in [5.74, 6) is 0.778. The molecule has 13 heavy (non-hydrogen) atoms. The maximum absolute atomic E-state index is 3.68. The van der Waals surface area contributed by atoms with Crippen LogP contribution in [0.2, 0.25) is 0 Å². The molecule has 0 aliphatic rings. The van der Waals surface area contributed by atoms with Crippen molar-refractivity contribution in [2.45, 2.75) is 53.9 Å². The molecule has 0 aromatic heterocycles. The van der Waals surface area contributed by atoms with Gasteiger partial charge in [0.05, 0.1) is 0 Å². The normalized spacial score (nSPS) is 9.62. The lowest BCUT2D eigenvalue weighted by atomic mass is 10.0. The van der Waals surface area contributed by atoms with Crippen LogP contribution in [0.3, 0.4) is 0 Å². The zero-order chi connectivity index (χ0) is 11.1. The van der Waals surface area contributed by atoms with Crippen LogP contribution in [0.4, 0.5) is 0 Å². The van der Waals surface area contributed by atoms with E-state index in [-0.39, 0.29) is 0 Å². The predicted octanol–water partition coefficient (Wildman–Crippen LogP) is 5.22. The Kier molecular flexibility index (Phi) is 31.7. The van der Waals surface area contributed by atoms with Crippen molar-refractivity contribution >= 4 is 0 Å². The lowest BCUT2D eigenvalue weighted by Crippen LogP contribution is -1.89. The summed E-state index contributed by atoms with van der Waals surface area (Å²) in [5, 5.41) is 0. The Morgan fingerprint density at radius 3 is 1.77 bits per heavy atom. The molecule has 0 rings (SSSR count). The van der Waals surface area contributed by atoms with Gasteiger partial charge in [0, 0.05) is 0 Å². The van der Waals surface area contributed by atoms with E-state index in [1.54, 1.807) is 0 Å². The molecule has 0 spiro atoms. The summed E-state index contributed by atoms with van der Waals surface area (Å²) in [7, 11) is 0. The molecular weight excluding hydrogens is 156 g/mol. The fourth-order valence-electron chi connectivity index (χ4n) is 0.805. The standard InChI is InChI=1S/C9H16.2C2H6/c1-4-6-8-9(3)7-5-2;2*1-2/h4-5,9H,1-2,6-8H2,3H3;2*1-2H3. The van der Waals surface area contributed by atoms with Crippen molar-refractivity contribution in [3.05, 3.63) is 25.3 Å². The topological polar surface area (TPSA) is 0 Å². The zero-order valence-electron chi connectivity index (χ0n) is 10.3. The first kappa shape index (κ1) is 18.3. The van der Waals surface area contributed by atoms with E-state index in [1.807, 2.05) is 39.8 Å². The third-order valence-electron chi connectivity index (χ3n) is 1.43. The molecule has 0 bridgehead atoms. The summed E-state index contributed by atoms with van der Waals surface area (Å²) < 4.78 is 0. The minimum absolute atomic E-state index is 0.778. The fourth-order valence-corrected chi connectivity index (χ4v) is 0.805. The number of allylic oxidation sites excluding steroid dienone is 2. The summed E-state index contributed by atoms with van der Waals surface area (Å²) >= 11 is 0. The Bertz CT molecular complexity index is 82.0. The Hall–Kier alpha value is -0.520. The van der Waals surface area contributed by atoms with E-state index in [1.165, 1.54) is 6.42 Å². The zero-order valence-corrected chi connectivity index (χ0v) is 10.3. The molecule has 1 atom stereocenters. The third-order valence-corrected chi connectivity index (χ3v) is 1.43. The first-order chi connectivity index (χ1) is 6.31. The van der Waals surface area contributed by atoms with Crippen LogP contribution in [-0.2, 0) is 0 Å². The van der Waals surface area contributed by atoms with Crippen LogP contribution in [0.15, 0.2) is 25.3 Å². The van der Waals surface area contributed by atoms with Gasteiger partial charge in [0.25, 0.3) is 0 Å². The van der Waals surface area contributed by atoms with Gasteiger partial charge in [-0.1, -0.05) is 46.8 Å². The van der Waals surface area contributed by atoms with Gasteiger partial charge in [-0.25, -0.2) is 0 Å². The fraction of sp³-hybridized carbons (Fsp3) is 0.692. The minimum atomic E-state index is 0.778. The average Bonchev–Trinajstić information content (AvgIpc) is 2.21. The van der Waals surface area contributed by atoms with E-state index in [0.29, 0.717) is 0 Å². The molecule has 0 nitrogen and oxygen atoms in total. The van der Waals surface area contributed by atoms with Crippen LogP contribution in [0.25, 0.3) is 0 Å². The maximum atomic E-state index is 3.68. The molecule has 0 saturated carbocycles. The van der Waals surface area contributed by atoms with Gasteiger partial charge in [-0.15, -0.1) is 13.2 Å². The van der Waals surface area contributed by atoms with E-state index in [0.717, 1.165) is 18.8 Å². The Morgan fingerprint density at radius 2 is 1.46 bits per heavy atom. The number of hydrogen-bond donors (Lipinski definition) is 0. The molecule has 0 saturated heterocycles. The van der Waals surface area contributed by atoms with Gasteiger partial charge < -0.3 is 0 Å². The van der Waals surface area contributed by atoms with Gasteiger partial charge in [0.2, 0.25) is 0 Å². The third kappa shape index (κ3) is 24.6. The Balaban J connectivity index is -0.000000218. The van der Waals surface area contributed by atoms with Gasteiger partial charge in [-0.3, -0.25) is 0 Å². The van der Waals surface area contributed by atoms with Crippen molar-refractivity contribution in [2.24, 2.45) is 5.92 Å². The van der Waals surface area contributed by atoms with Crippen molar-refractivity contribution in [1.29, 1.82) is 0 Å². The summed E-state index contributed by atoms with van der Waals surface area (Å²) in [6.07, 6.45) is 7.46. The minimum Gasteiger partial charge on any atom is -0.103 e. The molecule has 0 aliphatic heterocycles. The molecule has 0 aromatic rings. The van der Waals surface area contributed by atoms with Crippen LogP contribution in [0.1, 0.15) is 53.9 Å². The van der Waals surface area contributed by atoms with Gasteiger partial charge in [-0.2, -0.15) is 0 Å². The second kappa shape index (κ2) is 22.5. The van der Waals surface area contributed by atoms with Crippen molar-refractivity contribution in [2.75, 3.05) is 0 Å². The molecule has 80 valence electrons. The summed E-state index contributed by atoms with van der Waals surface area (Å²) in [4.78, 5) is 0. The maximum Gasteiger partial charge on any atom is -0.0327 e. The van der Waals surface area contributed by atoms with Crippen LogP contribution >= 0.6 is 0 Å². The van der Waals surface area contributed by atoms with E-state index in [4.69, 9.17) is 0 Å². The molecule has 1 unspecified atom stereocenters. The molecular formula is C13H28. The van der Waals surface area contributed by atoms with Gasteiger partial charge in [-0.05, 0) is 25.2 Å². The lowest BCUT2D eigenvalue weighted by molar-refractivity contribution is 0.547. The highest BCUT2D eigenvalue weighted by molar-refractivity contribution is 4.73. The van der Waals surface area contributed by atoms with Crippen molar-refractivity contribution in [3.8, 4) is 0 Å². The van der Waals surface area contributed by atoms with Crippen molar-refractivity contribution in [1.82, 2.24) is 0 Å². The summed E-state index contributed by atoms with van der Waals surface area (Å²) in [6, 6.07) is 0. The number of rotatable bonds is 5. The Labute approximate surface area is 85.8 Å². The smallest absolute Gasteiger partial charge is 0.0327 e. The second-order valence-electron chi connectivity index (χ2n) is 2.50. The van der Waals surface area contributed by atoms with Gasteiger partial charge in [0.15, 0.2) is 0 Å². The van der Waals surface area contributed by atoms with Crippen molar-refractivity contribution in [3.63, 3.8) is 0 Å². The van der Waals surface area contributed by atoms with Crippen LogP contribution < -0.4 is 0 Å². The highest BCUT2D eigenvalue weighted by Crippen LogP contribution is 2.09. The quantitative estimate of drug-likeness (QED) is 0.514. The average molecular weight is 184 g/mol. The molecule has 0 N–H and O–H groups in total. The molecule has 0 radical (unpaired) electrons. The Morgan fingerprint density at radius 1 is 1.00 bits per heavy atom. The van der Waals surface area contributed by atoms with Gasteiger partial charge >= 0.3 is 0 Å². The molecule has 0 amide bonds. The molecule has 0 heterocycles. The van der Waals surface area contributed by atoms with E-state index < -0.39 is 0 Å². The van der Waals surface area contributed by atoms with Crippen LogP contribution in [-0.4, -0.2) is 0 Å². The highest BCUT2D eigenvalue weighted by atomic mass is 14.0. The van der Waals surface area contributed by atoms with E-state index in [2.05, 4.69) is 20.1 Å². The van der Waals surface area contributed by atoms with Gasteiger partial charge in [0.1, 0.15) is 0 Å². The first-order valence-corrected chi connectivity index (χ1v) is 5.53. The lowest BCUT2D eigenvalue weighted by Gasteiger charge is -2.04. The summed E-state index contributed by atoms with van der Waals surface area (Å²) in [5.41, 5.74) is 0. The van der Waals surface area contributed by atoms with Crippen LogP contribution in [0.5, 0.6) is 0 Å². The monoisotopic (exact) mass is 184 g/mol. The first-order valence-electron chi connectivity index (χ1n) is 5.53. The van der Waals surface area contributed by atoms with E-state index >= 15 is 0 Å². The molecule has 0 aliphatic carbocycles. The molecule has 0 heteroatoms. The van der Waals surface area contributed by atoms with Crippen LogP contribution in [0, 0.1) is 5.92 Å². The molecule has 0 fully saturated rings. The van der Waals surface area contributed by atoms with Crippen molar-refractivity contribution < 1.29 is 0 Å². The largest absolute Gasteiger partial charge is 0.103 e. The van der Waals surface area contributed by atoms with E-state index in [9.17, 15) is 0 Å².